The molecule has 10 heteroatoms. The summed E-state index contributed by atoms with van der Waals surface area (Å²) in [5.74, 6) is 0.699. The Kier molecular flexibility index (Phi) is 10.6. The Morgan fingerprint density at radius 2 is 1.91 bits per heavy atom. The standard InChI is InChI=1S/C33H36N4O4S2/c1-5-43(39,27-13-7-6-8-14-27)37-29(17-15-24-11-9-12-25(21-24)23-34)31-36-28-18-16-26(22-30(28)42-31)40-20-10-19-35-32(38)41-33(2,3)4/h6-9,11-14,16,18,21-22,29H,1,10,15,17,19-20H2,2-4H3,(H,35,38)(H,37,39). The molecule has 3 aromatic carbocycles. The van der Waals surface area contributed by atoms with Gasteiger partial charge in [-0.1, -0.05) is 30.3 Å². The van der Waals surface area contributed by atoms with Crippen LogP contribution < -0.4 is 14.8 Å². The average Bonchev–Trinajstić information content (AvgIpc) is 3.42. The van der Waals surface area contributed by atoms with E-state index in [4.69, 9.17) is 14.5 Å². The molecule has 0 aliphatic rings. The first-order valence-corrected chi connectivity index (χ1v) is 16.4. The number of fused-ring (bicyclic) bond motifs is 1. The van der Waals surface area contributed by atoms with Gasteiger partial charge < -0.3 is 14.8 Å². The van der Waals surface area contributed by atoms with Crippen LogP contribution in [-0.2, 0) is 20.9 Å². The van der Waals surface area contributed by atoms with Gasteiger partial charge in [-0.3, -0.25) is 0 Å². The summed E-state index contributed by atoms with van der Waals surface area (Å²) in [7, 11) is -2.91. The molecule has 0 radical (unpaired) electrons. The number of thiazole rings is 1. The summed E-state index contributed by atoms with van der Waals surface area (Å²) in [6, 6.07) is 24.2. The van der Waals surface area contributed by atoms with Crippen LogP contribution in [0, 0.1) is 11.3 Å². The van der Waals surface area contributed by atoms with Crippen molar-refractivity contribution in [3.8, 4) is 11.8 Å². The van der Waals surface area contributed by atoms with E-state index in [1.165, 1.54) is 11.3 Å². The average molecular weight is 617 g/mol. The minimum atomic E-state index is -2.91. The van der Waals surface area contributed by atoms with Crippen LogP contribution in [0.1, 0.15) is 55.8 Å². The van der Waals surface area contributed by atoms with Crippen LogP contribution in [0.2, 0.25) is 0 Å². The van der Waals surface area contributed by atoms with Crippen LogP contribution in [0.5, 0.6) is 5.75 Å². The summed E-state index contributed by atoms with van der Waals surface area (Å²) >= 11 is 1.51. The van der Waals surface area contributed by atoms with Crippen LogP contribution in [0.15, 0.2) is 84.3 Å². The highest BCUT2D eigenvalue weighted by Crippen LogP contribution is 2.32. The number of carbonyl (C=O) groups is 1. The van der Waals surface area contributed by atoms with E-state index in [0.717, 1.165) is 20.8 Å². The first kappa shape index (κ1) is 31.8. The van der Waals surface area contributed by atoms with Gasteiger partial charge >= 0.3 is 6.09 Å². The van der Waals surface area contributed by atoms with E-state index in [2.05, 4.69) is 27.7 Å². The second-order valence-electron chi connectivity index (χ2n) is 10.8. The maximum Gasteiger partial charge on any atom is 0.407 e. The normalized spacial score (nSPS) is 13.3. The molecule has 0 spiro atoms. The molecule has 0 saturated carbocycles. The van der Waals surface area contributed by atoms with Gasteiger partial charge in [0.1, 0.15) is 16.4 Å². The van der Waals surface area contributed by atoms with Gasteiger partial charge in [0.05, 0.1) is 49.1 Å². The third-order valence-electron chi connectivity index (χ3n) is 6.30. The minimum absolute atomic E-state index is 0.367. The quantitative estimate of drug-likeness (QED) is 0.138. The van der Waals surface area contributed by atoms with Crippen LogP contribution in [-0.4, -0.2) is 39.1 Å². The van der Waals surface area contributed by atoms with Gasteiger partial charge in [0.15, 0.2) is 0 Å². The van der Waals surface area contributed by atoms with Crippen molar-refractivity contribution in [3.05, 3.63) is 95.5 Å². The number of alkyl carbamates (subject to hydrolysis) is 1. The molecule has 4 aromatic rings. The van der Waals surface area contributed by atoms with Gasteiger partial charge in [0.25, 0.3) is 0 Å². The number of nitrogens with one attached hydrogen (secondary N) is 2. The molecular weight excluding hydrogens is 581 g/mol. The van der Waals surface area contributed by atoms with Crippen molar-refractivity contribution in [1.29, 1.82) is 5.26 Å². The zero-order chi connectivity index (χ0) is 30.9. The van der Waals surface area contributed by atoms with Gasteiger partial charge in [-0.2, -0.15) is 5.26 Å². The molecule has 0 bridgehead atoms. The Labute approximate surface area is 257 Å². The number of amides is 1. The molecule has 1 aromatic heterocycles. The third-order valence-corrected chi connectivity index (χ3v) is 9.39. The largest absolute Gasteiger partial charge is 0.493 e. The van der Waals surface area contributed by atoms with E-state index in [-0.39, 0.29) is 6.04 Å². The molecule has 2 unspecified atom stereocenters. The summed E-state index contributed by atoms with van der Waals surface area (Å²) in [6.45, 7) is 10.1. The van der Waals surface area contributed by atoms with Crippen molar-refractivity contribution in [2.24, 2.45) is 0 Å². The summed E-state index contributed by atoms with van der Waals surface area (Å²) in [5, 5.41) is 15.6. The molecule has 0 fully saturated rings. The lowest BCUT2D eigenvalue weighted by Crippen LogP contribution is -2.33. The minimum Gasteiger partial charge on any atom is -0.493 e. The fourth-order valence-corrected chi connectivity index (χ4v) is 6.99. The van der Waals surface area contributed by atoms with Crippen molar-refractivity contribution in [2.75, 3.05) is 13.2 Å². The third kappa shape index (κ3) is 9.18. The summed E-state index contributed by atoms with van der Waals surface area (Å²) < 4.78 is 29.4. The van der Waals surface area contributed by atoms with Crippen LogP contribution in [0.3, 0.4) is 0 Å². The lowest BCUT2D eigenvalue weighted by atomic mass is 10.0. The highest BCUT2D eigenvalue weighted by molar-refractivity contribution is 7.99. The Hall–Kier alpha value is -4.13. The van der Waals surface area contributed by atoms with E-state index in [0.29, 0.717) is 48.6 Å². The molecule has 4 rings (SSSR count). The molecule has 1 heterocycles. The maximum absolute atomic E-state index is 14.0. The zero-order valence-corrected chi connectivity index (χ0v) is 26.2. The Balaban J connectivity index is 1.49. The Bertz CT molecular complexity index is 1740. The maximum atomic E-state index is 14.0. The van der Waals surface area contributed by atoms with Crippen LogP contribution in [0.4, 0.5) is 4.79 Å². The zero-order valence-electron chi connectivity index (χ0n) is 24.6. The molecule has 2 atom stereocenters. The number of benzene rings is 3. The monoisotopic (exact) mass is 616 g/mol. The number of carbonyl (C=O) groups excluding carboxylic acids is 1. The fourth-order valence-electron chi connectivity index (χ4n) is 4.27. The van der Waals surface area contributed by atoms with Gasteiger partial charge in [0, 0.05) is 6.54 Å². The number of nitrogens with zero attached hydrogens (tertiary/aromatic N) is 2. The van der Waals surface area contributed by atoms with E-state index in [1.807, 2.05) is 75.4 Å². The molecule has 43 heavy (non-hydrogen) atoms. The van der Waals surface area contributed by atoms with Crippen molar-refractivity contribution in [1.82, 2.24) is 15.0 Å². The topological polar surface area (TPSA) is 113 Å². The molecular formula is C33H36N4O4S2. The number of hydrogen-bond acceptors (Lipinski definition) is 7. The number of ether oxygens (including phenoxy) is 2. The Morgan fingerprint density at radius 1 is 1.12 bits per heavy atom. The highest BCUT2D eigenvalue weighted by atomic mass is 32.2. The number of aromatic nitrogens is 1. The van der Waals surface area contributed by atoms with Crippen LogP contribution in [0.25, 0.3) is 10.2 Å². The molecule has 8 nitrogen and oxygen atoms in total. The van der Waals surface area contributed by atoms with E-state index in [1.54, 1.807) is 18.2 Å². The van der Waals surface area contributed by atoms with Gasteiger partial charge in [-0.05, 0) is 99.7 Å². The number of rotatable bonds is 12. The van der Waals surface area contributed by atoms with E-state index < -0.39 is 21.4 Å². The summed E-state index contributed by atoms with van der Waals surface area (Å²) in [6.07, 6.45) is 1.41. The van der Waals surface area contributed by atoms with Crippen molar-refractivity contribution >= 4 is 42.4 Å². The number of hydrogen-bond donors (Lipinski definition) is 2. The van der Waals surface area contributed by atoms with Gasteiger partial charge in [-0.15, -0.1) is 11.3 Å². The highest BCUT2D eigenvalue weighted by Gasteiger charge is 2.22. The smallest absolute Gasteiger partial charge is 0.407 e. The molecule has 0 saturated heterocycles. The molecule has 0 aliphatic carbocycles. The summed E-state index contributed by atoms with van der Waals surface area (Å²) in [4.78, 5) is 17.3. The molecule has 1 amide bonds. The Morgan fingerprint density at radius 3 is 2.63 bits per heavy atom. The van der Waals surface area contributed by atoms with Gasteiger partial charge in [0.2, 0.25) is 0 Å². The second kappa shape index (κ2) is 14.4. The SMILES string of the molecule is C=C=S(=O)(NC(CCc1cccc(C#N)c1)c1nc2ccc(OCCCNC(=O)OC(C)(C)C)cc2s1)c1ccccc1. The van der Waals surface area contributed by atoms with Crippen LogP contribution >= 0.6 is 11.3 Å². The first-order valence-electron chi connectivity index (χ1n) is 14.0. The predicted octanol–water partition coefficient (Wildman–Crippen LogP) is 6.57. The van der Waals surface area contributed by atoms with Crippen molar-refractivity contribution < 1.29 is 18.5 Å². The lowest BCUT2D eigenvalue weighted by molar-refractivity contribution is 0.0525. The fraction of sp³-hybridized carbons (Fsp3) is 0.303. The van der Waals surface area contributed by atoms with E-state index in [9.17, 15) is 14.3 Å². The number of nitriles is 1. The number of aryl methyl sites for hydroxylation is 1. The van der Waals surface area contributed by atoms with Crippen molar-refractivity contribution in [3.63, 3.8) is 0 Å². The molecule has 0 aliphatic heterocycles. The predicted molar refractivity (Wildman–Crippen MR) is 173 cm³/mol. The summed E-state index contributed by atoms with van der Waals surface area (Å²) in [5.41, 5.74) is 1.88. The van der Waals surface area contributed by atoms with Crippen molar-refractivity contribution in [2.45, 2.75) is 56.6 Å². The first-order chi connectivity index (χ1) is 20.6. The molecule has 2 N–H and O–H groups in total. The lowest BCUT2D eigenvalue weighted by Gasteiger charge is -2.19. The van der Waals surface area contributed by atoms with Gasteiger partial charge in [-0.25, -0.2) is 18.7 Å². The van der Waals surface area contributed by atoms with E-state index >= 15 is 0 Å². The molecule has 224 valence electrons. The second-order valence-corrected chi connectivity index (χ2v) is 14.0.